The Morgan fingerprint density at radius 1 is 1.39 bits per heavy atom. The minimum absolute atomic E-state index is 0.265. The van der Waals surface area contributed by atoms with Crippen molar-refractivity contribution >= 4 is 17.4 Å². The molecule has 2 N–H and O–H groups in total. The second kappa shape index (κ2) is 5.53. The number of fused-ring (bicyclic) bond motifs is 1. The Kier molecular flexibility index (Phi) is 4.31. The number of aromatic hydroxyl groups is 1. The molecule has 0 saturated carbocycles. The van der Waals surface area contributed by atoms with Crippen LogP contribution in [0, 0.1) is 6.92 Å². The van der Waals surface area contributed by atoms with Crippen molar-refractivity contribution < 1.29 is 14.6 Å². The highest BCUT2D eigenvalue weighted by molar-refractivity contribution is 5.82. The van der Waals surface area contributed by atoms with Crippen molar-refractivity contribution in [2.24, 2.45) is 0 Å². The average Bonchev–Trinajstić information content (AvgIpc) is 2.59. The molecule has 98 valence electrons. The zero-order chi connectivity index (χ0) is 13.8. The van der Waals surface area contributed by atoms with Crippen LogP contribution in [0.25, 0.3) is 10.9 Å². The molecule has 5 heteroatoms. The number of phenols is 1. The van der Waals surface area contributed by atoms with Crippen LogP contribution in [0.15, 0.2) is 18.2 Å². The zero-order valence-corrected chi connectivity index (χ0v) is 11.0. The highest BCUT2D eigenvalue weighted by Gasteiger charge is 2.07. The van der Waals surface area contributed by atoms with E-state index in [1.807, 2.05) is 33.8 Å². The van der Waals surface area contributed by atoms with E-state index in [1.165, 1.54) is 0 Å². The van der Waals surface area contributed by atoms with Gasteiger partial charge in [0.25, 0.3) is 6.47 Å². The van der Waals surface area contributed by atoms with E-state index in [1.54, 1.807) is 12.1 Å². The molecule has 0 bridgehead atoms. The van der Waals surface area contributed by atoms with Crippen LogP contribution in [-0.2, 0) is 9.53 Å². The molecular weight excluding hydrogens is 232 g/mol. The normalized spacial score (nSPS) is 10.7. The minimum atomic E-state index is -0.318. The summed E-state index contributed by atoms with van der Waals surface area (Å²) in [4.78, 5) is 9.60. The Morgan fingerprint density at radius 2 is 2.06 bits per heavy atom. The van der Waals surface area contributed by atoms with Crippen molar-refractivity contribution in [3.63, 3.8) is 0 Å². The lowest BCUT2D eigenvalue weighted by Crippen LogP contribution is -2.17. The average molecular weight is 250 g/mol. The molecule has 5 nitrogen and oxygen atoms in total. The van der Waals surface area contributed by atoms with Gasteiger partial charge in [-0.25, -0.2) is 0 Å². The van der Waals surface area contributed by atoms with Gasteiger partial charge >= 0.3 is 0 Å². The number of carbonyl (C=O) groups excluding carboxylic acids is 1. The highest BCUT2D eigenvalue weighted by Crippen LogP contribution is 2.19. The Hall–Kier alpha value is -2.04. The molecule has 0 spiro atoms. The Bertz CT molecular complexity index is 527. The molecule has 0 saturated heterocycles. The zero-order valence-electron chi connectivity index (χ0n) is 11.0. The van der Waals surface area contributed by atoms with Gasteiger partial charge in [0.2, 0.25) is 0 Å². The molecular formula is C13H18N2O3. The predicted molar refractivity (Wildman–Crippen MR) is 69.4 cm³/mol. The van der Waals surface area contributed by atoms with Crippen LogP contribution in [0.3, 0.4) is 0 Å². The van der Waals surface area contributed by atoms with E-state index in [4.69, 9.17) is 5.11 Å². The van der Waals surface area contributed by atoms with Gasteiger partial charge in [0, 0.05) is 11.5 Å². The van der Waals surface area contributed by atoms with Crippen molar-refractivity contribution in [2.45, 2.75) is 33.3 Å². The van der Waals surface area contributed by atoms with Gasteiger partial charge in [-0.15, -0.1) is 0 Å². The molecule has 0 aliphatic rings. The van der Waals surface area contributed by atoms with Gasteiger partial charge in [-0.2, -0.15) is 5.10 Å². The van der Waals surface area contributed by atoms with Crippen molar-refractivity contribution in [2.75, 3.05) is 0 Å². The number of benzene rings is 1. The van der Waals surface area contributed by atoms with Gasteiger partial charge in [0.05, 0.1) is 11.2 Å². The van der Waals surface area contributed by atoms with Gasteiger partial charge in [-0.05, 0) is 39.8 Å². The first-order valence-corrected chi connectivity index (χ1v) is 5.58. The second-order valence-electron chi connectivity index (χ2n) is 4.87. The number of aryl methyl sites for hydroxylation is 1. The standard InChI is InChI=1S/C8H8N2O.C5H10O2/c1-5-7-3-2-6(11)4-8(7)10-9-5;1-5(2,3)7-4-6/h2-4,11H,1H3,(H,9,10);4H,1-3H3. The summed E-state index contributed by atoms with van der Waals surface area (Å²) in [5.74, 6) is 0.265. The number of ether oxygens (including phenoxy) is 1. The van der Waals surface area contributed by atoms with Gasteiger partial charge in [0.1, 0.15) is 11.4 Å². The summed E-state index contributed by atoms with van der Waals surface area (Å²) in [5.41, 5.74) is 1.52. The summed E-state index contributed by atoms with van der Waals surface area (Å²) in [5, 5.41) is 17.0. The monoisotopic (exact) mass is 250 g/mol. The number of H-pyrrole nitrogens is 1. The lowest BCUT2D eigenvalue weighted by molar-refractivity contribution is -0.138. The van der Waals surface area contributed by atoms with Gasteiger partial charge in [-0.1, -0.05) is 0 Å². The van der Waals surface area contributed by atoms with Crippen molar-refractivity contribution in [1.29, 1.82) is 0 Å². The van der Waals surface area contributed by atoms with E-state index >= 15 is 0 Å². The third kappa shape index (κ3) is 4.08. The summed E-state index contributed by atoms with van der Waals surface area (Å²) < 4.78 is 4.55. The number of carbonyl (C=O) groups is 1. The molecule has 0 radical (unpaired) electrons. The number of nitrogens with one attached hydrogen (secondary N) is 1. The van der Waals surface area contributed by atoms with Crippen LogP contribution < -0.4 is 0 Å². The smallest absolute Gasteiger partial charge is 0.293 e. The maximum atomic E-state index is 9.60. The second-order valence-corrected chi connectivity index (χ2v) is 4.87. The van der Waals surface area contributed by atoms with Crippen molar-refractivity contribution in [1.82, 2.24) is 10.2 Å². The van der Waals surface area contributed by atoms with E-state index < -0.39 is 0 Å². The minimum Gasteiger partial charge on any atom is -0.508 e. The molecule has 1 heterocycles. The van der Waals surface area contributed by atoms with Crippen LogP contribution in [0.5, 0.6) is 5.75 Å². The van der Waals surface area contributed by atoms with E-state index in [0.717, 1.165) is 16.6 Å². The van der Waals surface area contributed by atoms with Gasteiger partial charge in [-0.3, -0.25) is 9.89 Å². The fourth-order valence-electron chi connectivity index (χ4n) is 1.29. The van der Waals surface area contributed by atoms with Crippen LogP contribution in [0.2, 0.25) is 0 Å². The van der Waals surface area contributed by atoms with Crippen LogP contribution >= 0.6 is 0 Å². The topological polar surface area (TPSA) is 75.2 Å². The summed E-state index contributed by atoms with van der Waals surface area (Å²) in [6.45, 7) is 7.85. The number of rotatable bonds is 1. The van der Waals surface area contributed by atoms with Crippen LogP contribution in [0.4, 0.5) is 0 Å². The highest BCUT2D eigenvalue weighted by atomic mass is 16.5. The molecule has 0 atom stereocenters. The first-order chi connectivity index (χ1) is 8.33. The fourth-order valence-corrected chi connectivity index (χ4v) is 1.29. The number of phenolic OH excluding ortho intramolecular Hbond substituents is 1. The first-order valence-electron chi connectivity index (χ1n) is 5.58. The molecule has 18 heavy (non-hydrogen) atoms. The fraction of sp³-hybridized carbons (Fsp3) is 0.385. The number of aromatic nitrogens is 2. The SMILES string of the molecule is CC(C)(C)OC=O.Cc1n[nH]c2cc(O)ccc12. The number of nitrogens with zero attached hydrogens (tertiary/aromatic N) is 1. The Labute approximate surface area is 106 Å². The van der Waals surface area contributed by atoms with Gasteiger partial charge < -0.3 is 9.84 Å². The Balaban J connectivity index is 0.000000203. The molecule has 0 fully saturated rings. The molecule has 1 aromatic carbocycles. The lowest BCUT2D eigenvalue weighted by Gasteiger charge is -2.14. The lowest BCUT2D eigenvalue weighted by atomic mass is 10.2. The van der Waals surface area contributed by atoms with Crippen LogP contribution in [-0.4, -0.2) is 27.4 Å². The van der Waals surface area contributed by atoms with Crippen molar-refractivity contribution in [3.8, 4) is 5.75 Å². The quantitative estimate of drug-likeness (QED) is 0.763. The molecule has 1 aromatic heterocycles. The maximum Gasteiger partial charge on any atom is 0.293 e. The predicted octanol–water partition coefficient (Wildman–Crippen LogP) is 2.53. The maximum absolute atomic E-state index is 9.60. The van der Waals surface area contributed by atoms with E-state index in [2.05, 4.69) is 14.9 Å². The third-order valence-corrected chi connectivity index (χ3v) is 2.14. The molecule has 0 amide bonds. The molecule has 0 unspecified atom stereocenters. The summed E-state index contributed by atoms with van der Waals surface area (Å²) >= 11 is 0. The van der Waals surface area contributed by atoms with E-state index in [-0.39, 0.29) is 11.4 Å². The summed E-state index contributed by atoms with van der Waals surface area (Å²) in [6, 6.07) is 5.17. The van der Waals surface area contributed by atoms with Gasteiger partial charge in [0.15, 0.2) is 0 Å². The van der Waals surface area contributed by atoms with Crippen molar-refractivity contribution in [3.05, 3.63) is 23.9 Å². The summed E-state index contributed by atoms with van der Waals surface area (Å²) in [6.07, 6.45) is 0. The number of hydrogen-bond donors (Lipinski definition) is 2. The third-order valence-electron chi connectivity index (χ3n) is 2.14. The van der Waals surface area contributed by atoms with E-state index in [0.29, 0.717) is 6.47 Å². The molecule has 2 aromatic rings. The Morgan fingerprint density at radius 3 is 2.56 bits per heavy atom. The number of aromatic amines is 1. The summed E-state index contributed by atoms with van der Waals surface area (Å²) in [7, 11) is 0. The molecule has 0 aliphatic heterocycles. The largest absolute Gasteiger partial charge is 0.508 e. The number of hydrogen-bond acceptors (Lipinski definition) is 4. The van der Waals surface area contributed by atoms with E-state index in [9.17, 15) is 4.79 Å². The first kappa shape index (κ1) is 14.0. The van der Waals surface area contributed by atoms with Crippen LogP contribution in [0.1, 0.15) is 26.5 Å². The molecule has 2 rings (SSSR count). The molecule has 0 aliphatic carbocycles.